The Morgan fingerprint density at radius 1 is 0.880 bits per heavy atom. The van der Waals surface area contributed by atoms with E-state index in [9.17, 15) is 18.8 Å². The lowest BCUT2D eigenvalue weighted by Crippen LogP contribution is -2.45. The number of nitrogens with zero attached hydrogens (tertiary/aromatic N) is 6. The van der Waals surface area contributed by atoms with Crippen molar-refractivity contribution in [3.8, 4) is 16.8 Å². The molecule has 1 aliphatic carbocycles. The molecule has 3 aliphatic rings. The van der Waals surface area contributed by atoms with Crippen LogP contribution in [0.25, 0.3) is 27.8 Å². The topological polar surface area (TPSA) is 107 Å². The summed E-state index contributed by atoms with van der Waals surface area (Å²) in [6.45, 7) is 4.09. The zero-order valence-corrected chi connectivity index (χ0v) is 28.2. The van der Waals surface area contributed by atoms with Crippen LogP contribution in [-0.4, -0.2) is 53.6 Å². The van der Waals surface area contributed by atoms with Crippen molar-refractivity contribution in [2.24, 2.45) is 0 Å². The van der Waals surface area contributed by atoms with E-state index in [0.717, 1.165) is 68.6 Å². The summed E-state index contributed by atoms with van der Waals surface area (Å²) >= 11 is 0. The Bertz CT molecular complexity index is 2130. The van der Waals surface area contributed by atoms with Gasteiger partial charge in [0.05, 0.1) is 17.3 Å². The highest BCUT2D eigenvalue weighted by atomic mass is 19.1. The summed E-state index contributed by atoms with van der Waals surface area (Å²) < 4.78 is 19.3. The van der Waals surface area contributed by atoms with Gasteiger partial charge < -0.3 is 9.88 Å². The van der Waals surface area contributed by atoms with Gasteiger partial charge in [0.15, 0.2) is 5.65 Å². The van der Waals surface area contributed by atoms with Crippen LogP contribution in [-0.2, 0) is 19.5 Å². The summed E-state index contributed by atoms with van der Waals surface area (Å²) in [5.41, 5.74) is 3.24. The molecule has 2 aromatic carbocycles. The van der Waals surface area contributed by atoms with Crippen LogP contribution in [0.3, 0.4) is 0 Å². The number of fused-ring (bicyclic) bond motifs is 2. The Kier molecular flexibility index (Phi) is 8.91. The molecule has 2 fully saturated rings. The minimum absolute atomic E-state index is 0.0521. The zero-order valence-electron chi connectivity index (χ0n) is 28.2. The summed E-state index contributed by atoms with van der Waals surface area (Å²) in [7, 11) is 0. The molecule has 3 aromatic heterocycles. The number of imidazole rings is 1. The molecule has 5 aromatic rings. The number of carbonyl (C=O) groups is 1. The van der Waals surface area contributed by atoms with Crippen molar-refractivity contribution >= 4 is 16.9 Å². The fourth-order valence-corrected chi connectivity index (χ4v) is 8.00. The minimum atomic E-state index is -0.642. The lowest BCUT2D eigenvalue weighted by Gasteiger charge is -2.30. The van der Waals surface area contributed by atoms with Crippen molar-refractivity contribution in [2.75, 3.05) is 13.1 Å². The number of halogens is 1. The number of benzene rings is 2. The van der Waals surface area contributed by atoms with Gasteiger partial charge in [0, 0.05) is 37.8 Å². The predicted octanol–water partition coefficient (Wildman–Crippen LogP) is 5.79. The average Bonchev–Trinajstić information content (AvgIpc) is 3.59. The number of hydrogen-bond acceptors (Lipinski definition) is 6. The summed E-state index contributed by atoms with van der Waals surface area (Å²) in [5.74, 6) is 0.116. The zero-order chi connectivity index (χ0) is 34.2. The first-order valence-electron chi connectivity index (χ1n) is 18.0. The number of piperidine rings is 1. The first-order valence-corrected chi connectivity index (χ1v) is 18.0. The first-order chi connectivity index (χ1) is 24.4. The van der Waals surface area contributed by atoms with E-state index in [1.54, 1.807) is 0 Å². The smallest absolute Gasteiger partial charge is 0.337 e. The van der Waals surface area contributed by atoms with Crippen molar-refractivity contribution in [3.63, 3.8) is 0 Å². The lowest BCUT2D eigenvalue weighted by atomic mass is 9.90. The standard InChI is InChI=1S/C39H42FN7O3/c40-29-22-33-36(41-23-29)46(32-8-6-7-28(21-32)27-12-10-26(11-13-27)24-44-18-3-1-4-19-44)39(50)47(38(33)49)31-16-14-30(15-17-31)42-37(48)34-25-45-20-5-2-9-35(45)43-34/h6-8,10-13,21-23,25,30-31H,1-5,9,14-20,24H2,(H,42,48). The van der Waals surface area contributed by atoms with Gasteiger partial charge in [-0.05, 0) is 99.3 Å². The van der Waals surface area contributed by atoms with E-state index in [1.807, 2.05) is 30.5 Å². The molecule has 8 rings (SSSR count). The fourth-order valence-electron chi connectivity index (χ4n) is 8.00. The monoisotopic (exact) mass is 675 g/mol. The van der Waals surface area contributed by atoms with Gasteiger partial charge in [0.2, 0.25) is 0 Å². The second kappa shape index (κ2) is 13.8. The largest absolute Gasteiger partial charge is 0.348 e. The Hall–Kier alpha value is -4.90. The van der Waals surface area contributed by atoms with Gasteiger partial charge in [-0.3, -0.25) is 19.1 Å². The van der Waals surface area contributed by atoms with Crippen LogP contribution in [0.5, 0.6) is 0 Å². The summed E-state index contributed by atoms with van der Waals surface area (Å²) in [4.78, 5) is 52.5. The molecule has 11 heteroatoms. The fraction of sp³-hybridized carbons (Fsp3) is 0.410. The summed E-state index contributed by atoms with van der Waals surface area (Å²) in [5, 5.41) is 3.17. The van der Waals surface area contributed by atoms with Gasteiger partial charge in [-0.2, -0.15) is 0 Å². The molecule has 5 heterocycles. The summed E-state index contributed by atoms with van der Waals surface area (Å²) in [6, 6.07) is 16.8. The van der Waals surface area contributed by atoms with Crippen LogP contribution in [0.1, 0.15) is 85.7 Å². The van der Waals surface area contributed by atoms with Crippen LogP contribution >= 0.6 is 0 Å². The van der Waals surface area contributed by atoms with Crippen molar-refractivity contribution in [2.45, 2.75) is 89.4 Å². The number of aryl methyl sites for hydroxylation is 2. The van der Waals surface area contributed by atoms with E-state index >= 15 is 0 Å². The highest BCUT2D eigenvalue weighted by Gasteiger charge is 2.29. The third-order valence-corrected chi connectivity index (χ3v) is 10.7. The van der Waals surface area contributed by atoms with Gasteiger partial charge in [0.1, 0.15) is 17.3 Å². The average molecular weight is 676 g/mol. The molecule has 50 heavy (non-hydrogen) atoms. The maximum Gasteiger partial charge on any atom is 0.337 e. The van der Waals surface area contributed by atoms with Crippen LogP contribution in [0.2, 0.25) is 0 Å². The number of carbonyl (C=O) groups excluding carboxylic acids is 1. The van der Waals surface area contributed by atoms with Crippen LogP contribution < -0.4 is 16.6 Å². The van der Waals surface area contributed by atoms with Crippen LogP contribution in [0.15, 0.2) is 76.6 Å². The molecule has 10 nitrogen and oxygen atoms in total. The molecule has 1 saturated carbocycles. The molecule has 1 amide bonds. The lowest BCUT2D eigenvalue weighted by molar-refractivity contribution is 0.0917. The van der Waals surface area contributed by atoms with Crippen LogP contribution in [0, 0.1) is 5.82 Å². The Labute approximate surface area is 289 Å². The number of likely N-dealkylation sites (tertiary alicyclic amines) is 1. The van der Waals surface area contributed by atoms with Crippen LogP contribution in [0.4, 0.5) is 4.39 Å². The van der Waals surface area contributed by atoms with Gasteiger partial charge in [-0.25, -0.2) is 23.7 Å². The number of nitrogens with one attached hydrogen (secondary N) is 1. The first kappa shape index (κ1) is 32.3. The van der Waals surface area contributed by atoms with E-state index in [2.05, 4.69) is 49.0 Å². The summed E-state index contributed by atoms with van der Waals surface area (Å²) in [6.07, 6.45) is 11.9. The van der Waals surface area contributed by atoms with Gasteiger partial charge in [-0.1, -0.05) is 42.8 Å². The van der Waals surface area contributed by atoms with E-state index < -0.39 is 23.1 Å². The number of pyridine rings is 1. The second-order valence-electron chi connectivity index (χ2n) is 14.1. The van der Waals surface area contributed by atoms with Gasteiger partial charge >= 0.3 is 5.69 Å². The van der Waals surface area contributed by atoms with Crippen molar-refractivity contribution in [1.29, 1.82) is 0 Å². The molecule has 2 aliphatic heterocycles. The molecule has 258 valence electrons. The maximum absolute atomic E-state index is 14.5. The normalized spacial score (nSPS) is 19.7. The Balaban J connectivity index is 1.05. The number of rotatable bonds is 7. The quantitative estimate of drug-likeness (QED) is 0.234. The van der Waals surface area contributed by atoms with Crippen molar-refractivity contribution in [3.05, 3.63) is 111 Å². The number of amides is 1. The number of hydrogen-bond donors (Lipinski definition) is 1. The minimum Gasteiger partial charge on any atom is -0.348 e. The third-order valence-electron chi connectivity index (χ3n) is 10.7. The predicted molar refractivity (Wildman–Crippen MR) is 190 cm³/mol. The maximum atomic E-state index is 14.5. The van der Waals surface area contributed by atoms with E-state index in [1.165, 1.54) is 40.0 Å². The van der Waals surface area contributed by atoms with E-state index in [0.29, 0.717) is 37.1 Å². The molecule has 1 N–H and O–H groups in total. The molecular formula is C39H42FN7O3. The van der Waals surface area contributed by atoms with Gasteiger partial charge in [-0.15, -0.1) is 0 Å². The third kappa shape index (κ3) is 6.42. The second-order valence-corrected chi connectivity index (χ2v) is 14.1. The molecule has 0 atom stereocenters. The Morgan fingerprint density at radius 2 is 1.66 bits per heavy atom. The number of aromatic nitrogens is 5. The van der Waals surface area contributed by atoms with Crippen molar-refractivity contribution < 1.29 is 9.18 Å². The highest BCUT2D eigenvalue weighted by molar-refractivity contribution is 5.92. The molecule has 0 unspecified atom stereocenters. The highest BCUT2D eigenvalue weighted by Crippen LogP contribution is 2.29. The Morgan fingerprint density at radius 3 is 2.44 bits per heavy atom. The molecule has 1 saturated heterocycles. The van der Waals surface area contributed by atoms with Gasteiger partial charge in [0.25, 0.3) is 11.5 Å². The SMILES string of the molecule is O=C(NC1CCC(n2c(=O)c3cc(F)cnc3n(-c3cccc(-c4ccc(CN5CCCCC5)cc4)c3)c2=O)CC1)c1cn2c(n1)CCCC2. The molecule has 0 radical (unpaired) electrons. The van der Waals surface area contributed by atoms with E-state index in [-0.39, 0.29) is 23.0 Å². The molecular weight excluding hydrogens is 633 g/mol. The molecule has 0 spiro atoms. The van der Waals surface area contributed by atoms with E-state index in [4.69, 9.17) is 0 Å². The molecule has 0 bridgehead atoms. The van der Waals surface area contributed by atoms with Crippen molar-refractivity contribution in [1.82, 2.24) is 33.9 Å².